The van der Waals surface area contributed by atoms with Crippen LogP contribution in [0.5, 0.6) is 11.5 Å². The molecule has 0 unspecified atom stereocenters. The fraction of sp³-hybridized carbons (Fsp3) is 0.455. The highest BCUT2D eigenvalue weighted by atomic mass is 32.2. The maximum absolute atomic E-state index is 13.0. The molecule has 0 spiro atoms. The topological polar surface area (TPSA) is 88.1 Å². The number of piperidine rings is 1. The van der Waals surface area contributed by atoms with E-state index >= 15 is 0 Å². The van der Waals surface area contributed by atoms with Crippen molar-refractivity contribution in [3.05, 3.63) is 53.6 Å². The van der Waals surface area contributed by atoms with Gasteiger partial charge in [-0.05, 0) is 36.1 Å². The zero-order valence-electron chi connectivity index (χ0n) is 16.9. The molecule has 8 heteroatoms. The van der Waals surface area contributed by atoms with Gasteiger partial charge in [-0.15, -0.1) is 0 Å². The highest BCUT2D eigenvalue weighted by Gasteiger charge is 2.25. The van der Waals surface area contributed by atoms with Crippen molar-refractivity contribution in [3.8, 4) is 11.5 Å². The monoisotopic (exact) mass is 432 g/mol. The van der Waals surface area contributed by atoms with Crippen LogP contribution in [0.2, 0.25) is 0 Å². The Balaban J connectivity index is 1.49. The van der Waals surface area contributed by atoms with Gasteiger partial charge in [0.25, 0.3) is 0 Å². The van der Waals surface area contributed by atoms with Crippen LogP contribution in [-0.2, 0) is 23.1 Å². The molecule has 0 aromatic heterocycles. The molecule has 0 bridgehead atoms. The van der Waals surface area contributed by atoms with E-state index in [1.807, 2.05) is 24.3 Å². The third-order valence-corrected chi connectivity index (χ3v) is 6.97. The lowest BCUT2D eigenvalue weighted by Gasteiger charge is -2.30. The Hall–Kier alpha value is -2.13. The standard InChI is InChI=1S/C22H28N2O5S/c25-19-9-11-24(12-10-19)16-18-6-2-1-5-17(18)15-23-30(26,27)21-8-3-7-20-22(21)29-14-4-13-28-20/h1-3,5-8,19,23,25H,4,9-16H2. The van der Waals surface area contributed by atoms with E-state index in [1.165, 1.54) is 0 Å². The first-order chi connectivity index (χ1) is 14.5. The van der Waals surface area contributed by atoms with Crippen LogP contribution in [0.3, 0.4) is 0 Å². The highest BCUT2D eigenvalue weighted by Crippen LogP contribution is 2.36. The molecule has 2 aromatic carbocycles. The molecule has 2 aliphatic rings. The number of ether oxygens (including phenoxy) is 2. The molecule has 30 heavy (non-hydrogen) atoms. The number of aliphatic hydroxyl groups is 1. The van der Waals surface area contributed by atoms with Crippen LogP contribution in [-0.4, -0.2) is 50.8 Å². The Labute approximate surface area is 177 Å². The second-order valence-electron chi connectivity index (χ2n) is 7.73. The van der Waals surface area contributed by atoms with Crippen molar-refractivity contribution in [2.45, 2.75) is 43.4 Å². The number of hydrogen-bond donors (Lipinski definition) is 2. The van der Waals surface area contributed by atoms with Gasteiger partial charge in [0, 0.05) is 32.6 Å². The second-order valence-corrected chi connectivity index (χ2v) is 9.47. The smallest absolute Gasteiger partial charge is 0.244 e. The van der Waals surface area contributed by atoms with Gasteiger partial charge in [-0.1, -0.05) is 30.3 Å². The molecule has 0 amide bonds. The van der Waals surface area contributed by atoms with Crippen molar-refractivity contribution >= 4 is 10.0 Å². The average Bonchev–Trinajstić information content (AvgIpc) is 3.00. The molecule has 0 saturated carbocycles. The predicted octanol–water partition coefficient (Wildman–Crippen LogP) is 2.28. The average molecular weight is 433 g/mol. The highest BCUT2D eigenvalue weighted by molar-refractivity contribution is 7.89. The van der Waals surface area contributed by atoms with Crippen LogP contribution in [0, 0.1) is 0 Å². The summed E-state index contributed by atoms with van der Waals surface area (Å²) in [5.74, 6) is 0.741. The fourth-order valence-corrected chi connectivity index (χ4v) is 4.99. The molecule has 0 aliphatic carbocycles. The van der Waals surface area contributed by atoms with Gasteiger partial charge < -0.3 is 14.6 Å². The van der Waals surface area contributed by atoms with E-state index < -0.39 is 10.0 Å². The van der Waals surface area contributed by atoms with Crippen molar-refractivity contribution in [1.82, 2.24) is 9.62 Å². The van der Waals surface area contributed by atoms with Crippen molar-refractivity contribution in [3.63, 3.8) is 0 Å². The van der Waals surface area contributed by atoms with Gasteiger partial charge >= 0.3 is 0 Å². The largest absolute Gasteiger partial charge is 0.490 e. The van der Waals surface area contributed by atoms with E-state index in [-0.39, 0.29) is 23.3 Å². The summed E-state index contributed by atoms with van der Waals surface area (Å²) in [5, 5.41) is 9.71. The maximum atomic E-state index is 13.0. The summed E-state index contributed by atoms with van der Waals surface area (Å²) in [6.07, 6.45) is 2.05. The van der Waals surface area contributed by atoms with Crippen LogP contribution in [0.4, 0.5) is 0 Å². The van der Waals surface area contributed by atoms with Crippen LogP contribution in [0.15, 0.2) is 47.4 Å². The Morgan fingerprint density at radius 1 is 1.00 bits per heavy atom. The minimum atomic E-state index is -3.77. The third-order valence-electron chi connectivity index (χ3n) is 5.55. The summed E-state index contributed by atoms with van der Waals surface area (Å²) >= 11 is 0. The molecule has 0 atom stereocenters. The SMILES string of the molecule is O=S(=O)(NCc1ccccc1CN1CCC(O)CC1)c1cccc2c1OCCCO2. The summed E-state index contributed by atoms with van der Waals surface area (Å²) in [5.41, 5.74) is 2.02. The zero-order chi connectivity index (χ0) is 21.0. The van der Waals surface area contributed by atoms with Gasteiger partial charge in [-0.25, -0.2) is 13.1 Å². The van der Waals surface area contributed by atoms with E-state index in [1.54, 1.807) is 18.2 Å². The van der Waals surface area contributed by atoms with E-state index in [9.17, 15) is 13.5 Å². The molecular formula is C22H28N2O5S. The van der Waals surface area contributed by atoms with Crippen molar-refractivity contribution in [1.29, 1.82) is 0 Å². The molecule has 2 heterocycles. The van der Waals surface area contributed by atoms with Crippen molar-refractivity contribution in [2.24, 2.45) is 0 Å². The lowest BCUT2D eigenvalue weighted by Crippen LogP contribution is -2.35. The van der Waals surface area contributed by atoms with Gasteiger partial charge in [0.05, 0.1) is 19.3 Å². The summed E-state index contributed by atoms with van der Waals surface area (Å²) in [4.78, 5) is 2.40. The fourth-order valence-electron chi connectivity index (χ4n) is 3.83. The molecule has 2 aliphatic heterocycles. The van der Waals surface area contributed by atoms with Crippen LogP contribution in [0.1, 0.15) is 30.4 Å². The second kappa shape index (κ2) is 9.34. The normalized spacial score (nSPS) is 18.2. The summed E-state index contributed by atoms with van der Waals surface area (Å²) in [6, 6.07) is 12.8. The number of nitrogens with one attached hydrogen (secondary N) is 1. The Morgan fingerprint density at radius 2 is 1.73 bits per heavy atom. The molecule has 162 valence electrons. The molecular weight excluding hydrogens is 404 g/mol. The Bertz CT molecular complexity index is 971. The minimum absolute atomic E-state index is 0.101. The van der Waals surface area contributed by atoms with E-state index in [2.05, 4.69) is 9.62 Å². The van der Waals surface area contributed by atoms with Gasteiger partial charge in [-0.2, -0.15) is 0 Å². The molecule has 7 nitrogen and oxygen atoms in total. The number of benzene rings is 2. The number of fused-ring (bicyclic) bond motifs is 1. The molecule has 0 radical (unpaired) electrons. The zero-order valence-corrected chi connectivity index (χ0v) is 17.7. The van der Waals surface area contributed by atoms with E-state index in [0.717, 1.165) is 43.6 Å². The number of para-hydroxylation sites is 1. The molecule has 4 rings (SSSR count). The molecule has 2 N–H and O–H groups in total. The Morgan fingerprint density at radius 3 is 2.53 bits per heavy atom. The summed E-state index contributed by atoms with van der Waals surface area (Å²) in [7, 11) is -3.77. The first-order valence-corrected chi connectivity index (χ1v) is 11.9. The lowest BCUT2D eigenvalue weighted by molar-refractivity contribution is 0.0791. The first-order valence-electron chi connectivity index (χ1n) is 10.4. The Kier molecular flexibility index (Phi) is 6.58. The summed E-state index contributed by atoms with van der Waals surface area (Å²) in [6.45, 7) is 3.54. The number of sulfonamides is 1. The first kappa shape index (κ1) is 21.1. The quantitative estimate of drug-likeness (QED) is 0.728. The minimum Gasteiger partial charge on any atom is -0.490 e. The number of hydrogen-bond acceptors (Lipinski definition) is 6. The molecule has 2 aromatic rings. The number of rotatable bonds is 6. The number of nitrogens with zero attached hydrogens (tertiary/aromatic N) is 1. The van der Waals surface area contributed by atoms with E-state index in [4.69, 9.17) is 9.47 Å². The number of likely N-dealkylation sites (tertiary alicyclic amines) is 1. The van der Waals surface area contributed by atoms with Gasteiger partial charge in [0.15, 0.2) is 11.5 Å². The van der Waals surface area contributed by atoms with Crippen molar-refractivity contribution in [2.75, 3.05) is 26.3 Å². The predicted molar refractivity (Wildman–Crippen MR) is 113 cm³/mol. The van der Waals surface area contributed by atoms with Gasteiger partial charge in [-0.3, -0.25) is 4.90 Å². The maximum Gasteiger partial charge on any atom is 0.244 e. The molecule has 1 fully saturated rings. The van der Waals surface area contributed by atoms with Gasteiger partial charge in [0.1, 0.15) is 4.90 Å². The van der Waals surface area contributed by atoms with E-state index in [0.29, 0.717) is 25.4 Å². The lowest BCUT2D eigenvalue weighted by atomic mass is 10.0. The summed E-state index contributed by atoms with van der Waals surface area (Å²) < 4.78 is 40.1. The third kappa shape index (κ3) is 4.95. The molecule has 1 saturated heterocycles. The van der Waals surface area contributed by atoms with Crippen molar-refractivity contribution < 1.29 is 23.0 Å². The van der Waals surface area contributed by atoms with Crippen LogP contribution < -0.4 is 14.2 Å². The van der Waals surface area contributed by atoms with Crippen LogP contribution >= 0.6 is 0 Å². The number of aliphatic hydroxyl groups excluding tert-OH is 1. The van der Waals surface area contributed by atoms with Crippen LogP contribution in [0.25, 0.3) is 0 Å². The van der Waals surface area contributed by atoms with Gasteiger partial charge in [0.2, 0.25) is 10.0 Å².